The third-order valence-electron chi connectivity index (χ3n) is 1.94. The van der Waals surface area contributed by atoms with E-state index >= 15 is 0 Å². The van der Waals surface area contributed by atoms with Crippen molar-refractivity contribution in [2.45, 2.75) is 6.54 Å². The van der Waals surface area contributed by atoms with Crippen LogP contribution in [-0.4, -0.2) is 40.0 Å². The molecule has 0 atom stereocenters. The molecule has 0 saturated carbocycles. The third-order valence-corrected chi connectivity index (χ3v) is 2.88. The van der Waals surface area contributed by atoms with E-state index < -0.39 is 0 Å². The van der Waals surface area contributed by atoms with Crippen molar-refractivity contribution < 1.29 is 4.74 Å². The summed E-state index contributed by atoms with van der Waals surface area (Å²) in [5, 5.41) is 13.2. The van der Waals surface area contributed by atoms with Crippen molar-refractivity contribution in [3.63, 3.8) is 0 Å². The van der Waals surface area contributed by atoms with Crippen molar-refractivity contribution >= 4 is 11.3 Å². The molecule has 0 amide bonds. The molecule has 16 heavy (non-hydrogen) atoms. The van der Waals surface area contributed by atoms with Crippen molar-refractivity contribution in [3.8, 4) is 5.13 Å². The summed E-state index contributed by atoms with van der Waals surface area (Å²) < 4.78 is 6.78. The first-order chi connectivity index (χ1) is 7.90. The predicted octanol–water partition coefficient (Wildman–Crippen LogP) is 0.460. The Labute approximate surface area is 97.3 Å². The van der Waals surface area contributed by atoms with E-state index in [-0.39, 0.29) is 0 Å². The molecule has 0 saturated heterocycles. The predicted molar refractivity (Wildman–Crippen MR) is 60.6 cm³/mol. The highest BCUT2D eigenvalue weighted by Gasteiger charge is 2.04. The average Bonchev–Trinajstić information content (AvgIpc) is 2.94. The summed E-state index contributed by atoms with van der Waals surface area (Å²) in [7, 11) is 1.68. The van der Waals surface area contributed by atoms with Crippen molar-refractivity contribution in [2.24, 2.45) is 0 Å². The highest BCUT2D eigenvalue weighted by molar-refractivity contribution is 7.13. The van der Waals surface area contributed by atoms with Crippen LogP contribution in [0, 0.1) is 0 Å². The molecule has 0 radical (unpaired) electrons. The smallest absolute Gasteiger partial charge is 0.217 e. The largest absolute Gasteiger partial charge is 0.383 e. The Kier molecular flexibility index (Phi) is 3.97. The standard InChI is InChI=1S/C9H13N5OS/c1-15-5-3-10-6-8-12-13-9(16-8)14-4-2-11-7-14/h2,4,7,10H,3,5-6H2,1H3. The number of aromatic nitrogens is 4. The Morgan fingerprint density at radius 2 is 2.44 bits per heavy atom. The molecular weight excluding hydrogens is 226 g/mol. The van der Waals surface area contributed by atoms with Gasteiger partial charge in [0, 0.05) is 32.6 Å². The van der Waals surface area contributed by atoms with E-state index in [1.807, 2.05) is 10.8 Å². The fourth-order valence-corrected chi connectivity index (χ4v) is 1.92. The van der Waals surface area contributed by atoms with E-state index in [4.69, 9.17) is 4.74 Å². The summed E-state index contributed by atoms with van der Waals surface area (Å²) in [5.41, 5.74) is 0. The molecule has 0 unspecified atom stereocenters. The Hall–Kier alpha value is -1.31. The SMILES string of the molecule is COCCNCc1nnc(-n2ccnc2)s1. The molecule has 86 valence electrons. The maximum absolute atomic E-state index is 4.94. The van der Waals surface area contributed by atoms with Gasteiger partial charge in [0.15, 0.2) is 0 Å². The summed E-state index contributed by atoms with van der Waals surface area (Å²) in [4.78, 5) is 3.96. The lowest BCUT2D eigenvalue weighted by atomic mass is 10.6. The zero-order valence-corrected chi connectivity index (χ0v) is 9.78. The van der Waals surface area contributed by atoms with Crippen LogP contribution >= 0.6 is 11.3 Å². The van der Waals surface area contributed by atoms with Gasteiger partial charge >= 0.3 is 0 Å². The van der Waals surface area contributed by atoms with Gasteiger partial charge in [-0.1, -0.05) is 11.3 Å². The van der Waals surface area contributed by atoms with Crippen LogP contribution in [0.5, 0.6) is 0 Å². The van der Waals surface area contributed by atoms with Crippen molar-refractivity contribution in [2.75, 3.05) is 20.3 Å². The number of hydrogen-bond donors (Lipinski definition) is 1. The molecule has 1 N–H and O–H groups in total. The van der Waals surface area contributed by atoms with E-state index in [2.05, 4.69) is 20.5 Å². The molecule has 6 nitrogen and oxygen atoms in total. The molecule has 0 aliphatic carbocycles. The quantitative estimate of drug-likeness (QED) is 0.742. The van der Waals surface area contributed by atoms with Crippen LogP contribution < -0.4 is 5.32 Å². The molecule has 0 spiro atoms. The Morgan fingerprint density at radius 3 is 3.19 bits per heavy atom. The minimum absolute atomic E-state index is 0.702. The molecule has 0 fully saturated rings. The summed E-state index contributed by atoms with van der Waals surface area (Å²) >= 11 is 1.55. The van der Waals surface area contributed by atoms with Crippen LogP contribution in [0.15, 0.2) is 18.7 Å². The monoisotopic (exact) mass is 239 g/mol. The normalized spacial score (nSPS) is 10.8. The van der Waals surface area contributed by atoms with Gasteiger partial charge in [-0.15, -0.1) is 10.2 Å². The van der Waals surface area contributed by atoms with Crippen LogP contribution in [0.1, 0.15) is 5.01 Å². The Morgan fingerprint density at radius 1 is 1.50 bits per heavy atom. The van der Waals surface area contributed by atoms with Crippen molar-refractivity contribution in [1.29, 1.82) is 0 Å². The maximum atomic E-state index is 4.94. The molecule has 0 aliphatic rings. The fourth-order valence-electron chi connectivity index (χ4n) is 1.16. The van der Waals surface area contributed by atoms with Crippen LogP contribution in [0.4, 0.5) is 0 Å². The fraction of sp³-hybridized carbons (Fsp3) is 0.444. The molecule has 2 rings (SSSR count). The molecule has 2 aromatic rings. The van der Waals surface area contributed by atoms with Gasteiger partial charge in [0.1, 0.15) is 11.3 Å². The molecular formula is C9H13N5OS. The number of ether oxygens (including phenoxy) is 1. The summed E-state index contributed by atoms with van der Waals surface area (Å²) in [5.74, 6) is 0. The number of imidazole rings is 1. The lowest BCUT2D eigenvalue weighted by molar-refractivity contribution is 0.199. The lowest BCUT2D eigenvalue weighted by Crippen LogP contribution is -2.18. The van der Waals surface area contributed by atoms with E-state index in [1.54, 1.807) is 31.0 Å². The Bertz CT molecular complexity index is 413. The molecule has 0 aliphatic heterocycles. The van der Waals surface area contributed by atoms with E-state index in [9.17, 15) is 0 Å². The number of nitrogens with zero attached hydrogens (tertiary/aromatic N) is 4. The zero-order valence-electron chi connectivity index (χ0n) is 8.96. The zero-order chi connectivity index (χ0) is 11.2. The topological polar surface area (TPSA) is 64.9 Å². The lowest BCUT2D eigenvalue weighted by Gasteiger charge is -1.99. The maximum Gasteiger partial charge on any atom is 0.217 e. The number of hydrogen-bond acceptors (Lipinski definition) is 6. The van der Waals surface area contributed by atoms with E-state index in [0.717, 1.165) is 23.2 Å². The van der Waals surface area contributed by atoms with Gasteiger partial charge in [0.05, 0.1) is 6.61 Å². The van der Waals surface area contributed by atoms with Crippen molar-refractivity contribution in [1.82, 2.24) is 25.1 Å². The summed E-state index contributed by atoms with van der Waals surface area (Å²) in [6.45, 7) is 2.24. The second-order valence-electron chi connectivity index (χ2n) is 3.12. The molecule has 0 bridgehead atoms. The van der Waals surface area contributed by atoms with Gasteiger partial charge in [-0.05, 0) is 0 Å². The van der Waals surface area contributed by atoms with Gasteiger partial charge in [0.25, 0.3) is 0 Å². The average molecular weight is 239 g/mol. The summed E-state index contributed by atoms with van der Waals surface area (Å²) in [6.07, 6.45) is 5.28. The van der Waals surface area contributed by atoms with Gasteiger partial charge in [-0.2, -0.15) is 0 Å². The first kappa shape index (κ1) is 11.2. The van der Waals surface area contributed by atoms with E-state index in [0.29, 0.717) is 6.61 Å². The molecule has 2 aromatic heterocycles. The second-order valence-corrected chi connectivity index (χ2v) is 4.16. The molecule has 0 aromatic carbocycles. The van der Waals surface area contributed by atoms with Crippen LogP contribution in [0.3, 0.4) is 0 Å². The van der Waals surface area contributed by atoms with Gasteiger partial charge in [0.2, 0.25) is 5.13 Å². The minimum atomic E-state index is 0.702. The van der Waals surface area contributed by atoms with Gasteiger partial charge in [-0.25, -0.2) is 4.98 Å². The number of nitrogens with one attached hydrogen (secondary N) is 1. The number of methoxy groups -OCH3 is 1. The van der Waals surface area contributed by atoms with Gasteiger partial charge in [-0.3, -0.25) is 4.57 Å². The summed E-state index contributed by atoms with van der Waals surface area (Å²) in [6, 6.07) is 0. The molecule has 2 heterocycles. The van der Waals surface area contributed by atoms with Crippen LogP contribution in [0.25, 0.3) is 5.13 Å². The first-order valence-electron chi connectivity index (χ1n) is 4.90. The highest BCUT2D eigenvalue weighted by Crippen LogP contribution is 2.13. The third kappa shape index (κ3) is 2.84. The second kappa shape index (κ2) is 5.69. The first-order valence-corrected chi connectivity index (χ1v) is 5.72. The highest BCUT2D eigenvalue weighted by atomic mass is 32.1. The number of rotatable bonds is 6. The van der Waals surface area contributed by atoms with Gasteiger partial charge < -0.3 is 10.1 Å². The van der Waals surface area contributed by atoms with E-state index in [1.165, 1.54) is 0 Å². The minimum Gasteiger partial charge on any atom is -0.383 e. The van der Waals surface area contributed by atoms with Crippen LogP contribution in [-0.2, 0) is 11.3 Å². The Balaban J connectivity index is 1.88. The van der Waals surface area contributed by atoms with Crippen LogP contribution in [0.2, 0.25) is 0 Å². The molecule has 7 heteroatoms. The van der Waals surface area contributed by atoms with Crippen molar-refractivity contribution in [3.05, 3.63) is 23.7 Å².